The molecule has 0 spiro atoms. The highest BCUT2D eigenvalue weighted by molar-refractivity contribution is 8.14. The number of carbonyl (C=O) groups is 3. The first-order chi connectivity index (χ1) is 10.3. The lowest BCUT2D eigenvalue weighted by Crippen LogP contribution is -2.38. The van der Waals surface area contributed by atoms with Gasteiger partial charge in [0.15, 0.2) is 5.12 Å². The Bertz CT molecular complexity index is 603. The summed E-state index contributed by atoms with van der Waals surface area (Å²) in [5, 5.41) is 9.42. The SMILES string of the molecule is CCC(=O)SCC(=O)N(CC(=O)O)c1c(C)ccc(Cl)c1C. The van der Waals surface area contributed by atoms with Gasteiger partial charge < -0.3 is 5.11 Å². The summed E-state index contributed by atoms with van der Waals surface area (Å²) >= 11 is 6.97. The van der Waals surface area contributed by atoms with Crippen molar-refractivity contribution in [1.82, 2.24) is 0 Å². The molecule has 0 aromatic heterocycles. The van der Waals surface area contributed by atoms with E-state index < -0.39 is 18.4 Å². The molecule has 22 heavy (non-hydrogen) atoms. The second-order valence-corrected chi connectivity index (χ2v) is 6.17. The zero-order valence-electron chi connectivity index (χ0n) is 12.7. The highest BCUT2D eigenvalue weighted by Gasteiger charge is 2.23. The Hall–Kier alpha value is -1.53. The molecule has 1 aromatic carbocycles. The number of carboxylic acids is 1. The van der Waals surface area contributed by atoms with E-state index in [9.17, 15) is 14.4 Å². The minimum atomic E-state index is -1.13. The maximum Gasteiger partial charge on any atom is 0.323 e. The lowest BCUT2D eigenvalue weighted by Gasteiger charge is -2.25. The van der Waals surface area contributed by atoms with E-state index in [1.54, 1.807) is 32.9 Å². The topological polar surface area (TPSA) is 74.7 Å². The van der Waals surface area contributed by atoms with Gasteiger partial charge in [0.25, 0.3) is 0 Å². The Morgan fingerprint density at radius 2 is 1.91 bits per heavy atom. The van der Waals surface area contributed by atoms with Crippen LogP contribution in [0, 0.1) is 13.8 Å². The number of hydrogen-bond acceptors (Lipinski definition) is 4. The molecule has 0 radical (unpaired) electrons. The number of benzene rings is 1. The van der Waals surface area contributed by atoms with E-state index in [2.05, 4.69) is 0 Å². The van der Waals surface area contributed by atoms with Crippen molar-refractivity contribution in [3.05, 3.63) is 28.3 Å². The fourth-order valence-corrected chi connectivity index (χ4v) is 2.77. The summed E-state index contributed by atoms with van der Waals surface area (Å²) in [5.41, 5.74) is 1.89. The van der Waals surface area contributed by atoms with E-state index in [0.717, 1.165) is 17.3 Å². The van der Waals surface area contributed by atoms with E-state index in [0.29, 0.717) is 22.7 Å². The van der Waals surface area contributed by atoms with Crippen molar-refractivity contribution in [1.29, 1.82) is 0 Å². The number of nitrogens with zero attached hydrogens (tertiary/aromatic N) is 1. The first-order valence-corrected chi connectivity index (χ1v) is 8.07. The summed E-state index contributed by atoms with van der Waals surface area (Å²) in [5.74, 6) is -1.65. The normalized spacial score (nSPS) is 10.4. The summed E-state index contributed by atoms with van der Waals surface area (Å²) < 4.78 is 0. The first kappa shape index (κ1) is 18.5. The number of aryl methyl sites for hydroxylation is 1. The molecule has 1 amide bonds. The first-order valence-electron chi connectivity index (χ1n) is 6.71. The standard InChI is InChI=1S/C15H18ClNO4S/c1-4-14(21)22-8-12(18)17(7-13(19)20)15-9(2)5-6-11(16)10(15)3/h5-6H,4,7-8H2,1-3H3,(H,19,20). The van der Waals surface area contributed by atoms with Crippen LogP contribution in [0.5, 0.6) is 0 Å². The highest BCUT2D eigenvalue weighted by atomic mass is 35.5. The molecule has 1 rings (SSSR count). The highest BCUT2D eigenvalue weighted by Crippen LogP contribution is 2.31. The number of rotatable bonds is 6. The Kier molecular flexibility index (Phi) is 6.90. The molecular formula is C15H18ClNO4S. The zero-order valence-corrected chi connectivity index (χ0v) is 14.3. The molecule has 7 heteroatoms. The van der Waals surface area contributed by atoms with Crippen molar-refractivity contribution < 1.29 is 19.5 Å². The molecule has 0 heterocycles. The van der Waals surface area contributed by atoms with Gasteiger partial charge in [0.05, 0.1) is 11.4 Å². The predicted octanol–water partition coefficient (Wildman–Crippen LogP) is 3.04. The summed E-state index contributed by atoms with van der Waals surface area (Å²) in [6.45, 7) is 4.75. The van der Waals surface area contributed by atoms with Crippen LogP contribution in [0.2, 0.25) is 5.02 Å². The molecule has 0 aliphatic rings. The predicted molar refractivity (Wildman–Crippen MR) is 88.7 cm³/mol. The summed E-state index contributed by atoms with van der Waals surface area (Å²) in [7, 11) is 0. The van der Waals surface area contributed by atoms with Gasteiger partial charge in [0, 0.05) is 11.4 Å². The molecule has 1 N–H and O–H groups in total. The van der Waals surface area contributed by atoms with Gasteiger partial charge in [0.2, 0.25) is 5.91 Å². The van der Waals surface area contributed by atoms with Gasteiger partial charge in [-0.3, -0.25) is 19.3 Å². The second-order valence-electron chi connectivity index (χ2n) is 4.73. The fourth-order valence-electron chi connectivity index (χ4n) is 1.98. The lowest BCUT2D eigenvalue weighted by atomic mass is 10.1. The third kappa shape index (κ3) is 4.74. The molecule has 0 bridgehead atoms. The molecular weight excluding hydrogens is 326 g/mol. The van der Waals surface area contributed by atoms with E-state index in [4.69, 9.17) is 16.7 Å². The third-order valence-corrected chi connectivity index (χ3v) is 4.49. The van der Waals surface area contributed by atoms with E-state index in [-0.39, 0.29) is 10.9 Å². The summed E-state index contributed by atoms with van der Waals surface area (Å²) in [4.78, 5) is 36.0. The van der Waals surface area contributed by atoms with Crippen LogP contribution in [0.3, 0.4) is 0 Å². The molecule has 0 fully saturated rings. The van der Waals surface area contributed by atoms with Crippen molar-refractivity contribution in [2.24, 2.45) is 0 Å². The Labute approximate surface area is 138 Å². The van der Waals surface area contributed by atoms with Crippen LogP contribution in [0.1, 0.15) is 24.5 Å². The molecule has 5 nitrogen and oxygen atoms in total. The molecule has 0 atom stereocenters. The number of anilines is 1. The van der Waals surface area contributed by atoms with Gasteiger partial charge >= 0.3 is 5.97 Å². The van der Waals surface area contributed by atoms with Crippen LogP contribution in [-0.4, -0.2) is 34.4 Å². The minimum absolute atomic E-state index is 0.0919. The van der Waals surface area contributed by atoms with Crippen molar-refractivity contribution in [3.8, 4) is 0 Å². The maximum atomic E-state index is 12.4. The molecule has 0 unspecified atom stereocenters. The van der Waals surface area contributed by atoms with Crippen molar-refractivity contribution >= 4 is 46.0 Å². The summed E-state index contributed by atoms with van der Waals surface area (Å²) in [6.07, 6.45) is 0.325. The molecule has 0 saturated heterocycles. The minimum Gasteiger partial charge on any atom is -0.480 e. The number of carboxylic acid groups (broad SMARTS) is 1. The van der Waals surface area contributed by atoms with Crippen molar-refractivity contribution in [3.63, 3.8) is 0 Å². The Morgan fingerprint density at radius 3 is 2.45 bits per heavy atom. The van der Waals surface area contributed by atoms with Gasteiger partial charge in [-0.25, -0.2) is 0 Å². The van der Waals surface area contributed by atoms with Gasteiger partial charge in [0.1, 0.15) is 6.54 Å². The zero-order chi connectivity index (χ0) is 16.9. The average molecular weight is 344 g/mol. The monoisotopic (exact) mass is 343 g/mol. The largest absolute Gasteiger partial charge is 0.480 e. The number of aliphatic carboxylic acids is 1. The van der Waals surface area contributed by atoms with Crippen LogP contribution in [0.4, 0.5) is 5.69 Å². The second kappa shape index (κ2) is 8.19. The summed E-state index contributed by atoms with van der Waals surface area (Å²) in [6, 6.07) is 3.44. The maximum absolute atomic E-state index is 12.4. The molecule has 120 valence electrons. The smallest absolute Gasteiger partial charge is 0.323 e. The van der Waals surface area contributed by atoms with Gasteiger partial charge in [-0.05, 0) is 31.0 Å². The number of carbonyl (C=O) groups excluding carboxylic acids is 2. The van der Waals surface area contributed by atoms with Gasteiger partial charge in [-0.1, -0.05) is 36.4 Å². The Morgan fingerprint density at radius 1 is 1.27 bits per heavy atom. The van der Waals surface area contributed by atoms with Crippen LogP contribution in [0.25, 0.3) is 0 Å². The van der Waals surface area contributed by atoms with Crippen molar-refractivity contribution in [2.75, 3.05) is 17.2 Å². The van der Waals surface area contributed by atoms with Gasteiger partial charge in [-0.2, -0.15) is 0 Å². The van der Waals surface area contributed by atoms with Crippen molar-refractivity contribution in [2.45, 2.75) is 27.2 Å². The third-order valence-electron chi connectivity index (χ3n) is 3.08. The quantitative estimate of drug-likeness (QED) is 0.859. The average Bonchev–Trinajstić information content (AvgIpc) is 2.47. The molecule has 0 aliphatic carbocycles. The molecule has 0 aliphatic heterocycles. The number of amides is 1. The van der Waals surface area contributed by atoms with Crippen LogP contribution < -0.4 is 4.90 Å². The van der Waals surface area contributed by atoms with E-state index >= 15 is 0 Å². The van der Waals surface area contributed by atoms with E-state index in [1.807, 2.05) is 0 Å². The molecule has 0 saturated carbocycles. The number of halogens is 1. The number of thioether (sulfide) groups is 1. The van der Waals surface area contributed by atoms with Gasteiger partial charge in [-0.15, -0.1) is 0 Å². The molecule has 1 aromatic rings. The van der Waals surface area contributed by atoms with Crippen LogP contribution >= 0.6 is 23.4 Å². The van der Waals surface area contributed by atoms with E-state index in [1.165, 1.54) is 4.90 Å². The fraction of sp³-hybridized carbons (Fsp3) is 0.400. The number of hydrogen-bond donors (Lipinski definition) is 1. The van der Waals surface area contributed by atoms with Crippen LogP contribution in [0.15, 0.2) is 12.1 Å². The van der Waals surface area contributed by atoms with Crippen LogP contribution in [-0.2, 0) is 14.4 Å². The Balaban J connectivity index is 3.13. The lowest BCUT2D eigenvalue weighted by molar-refractivity contribution is -0.136.